The molecule has 37 heavy (non-hydrogen) atoms. The Labute approximate surface area is 233 Å². The van der Waals surface area contributed by atoms with Gasteiger partial charge in [0, 0.05) is 11.1 Å². The largest absolute Gasteiger partial charge is 2.00 e. The van der Waals surface area contributed by atoms with E-state index in [1.54, 1.807) is 12.1 Å². The molecule has 1 radical (unpaired) electrons. The van der Waals surface area contributed by atoms with Gasteiger partial charge in [-0.25, -0.2) is 16.8 Å². The third kappa shape index (κ3) is 17.4. The predicted octanol–water partition coefficient (Wildman–Crippen LogP) is -4.17. The minimum absolute atomic E-state index is 0. The average Bonchev–Trinajstić information content (AvgIpc) is 2.67. The minimum atomic E-state index is -4.52. The summed E-state index contributed by atoms with van der Waals surface area (Å²) in [6, 6.07) is 11.3. The Morgan fingerprint density at radius 3 is 1.22 bits per heavy atom. The maximum Gasteiger partial charge on any atom is 2.00 e. The SMILES string of the molecule is NC(=S)N/N=C/c1ccccc1S(=O)(=O)[O-].NC(=S)N/N=C/c1ccccc1S(=O)(=O)[O-].[Mn+2].[OH3+].[OH3+].[OH3+].[OH3+]. The molecule has 0 atom stereocenters. The van der Waals surface area contributed by atoms with Crippen LogP contribution in [0.4, 0.5) is 0 Å². The van der Waals surface area contributed by atoms with Crippen LogP contribution in [0.3, 0.4) is 0 Å². The smallest absolute Gasteiger partial charge is 0.744 e. The topological polar surface area (TPSA) is 347 Å². The molecule has 18 N–H and O–H groups in total. The van der Waals surface area contributed by atoms with Crippen LogP contribution in [-0.2, 0) is 59.2 Å². The summed E-state index contributed by atoms with van der Waals surface area (Å²) in [5.74, 6) is 0. The second kappa shape index (κ2) is 20.4. The van der Waals surface area contributed by atoms with E-state index in [1.807, 2.05) is 0 Å². The molecule has 0 saturated heterocycles. The number of nitrogens with zero attached hydrogens (tertiary/aromatic N) is 2. The number of hydrogen-bond acceptors (Lipinski definition) is 10. The monoisotopic (exact) mass is 647 g/mol. The van der Waals surface area contributed by atoms with E-state index in [1.165, 1.54) is 36.4 Å². The van der Waals surface area contributed by atoms with Crippen molar-refractivity contribution >= 4 is 67.3 Å². The molecule has 0 unspecified atom stereocenters. The van der Waals surface area contributed by atoms with Crippen molar-refractivity contribution in [2.24, 2.45) is 21.7 Å². The van der Waals surface area contributed by atoms with E-state index in [0.29, 0.717) is 0 Å². The number of hydrazone groups is 2. The zero-order valence-electron chi connectivity index (χ0n) is 18.6. The Kier molecular flexibility index (Phi) is 24.5. The van der Waals surface area contributed by atoms with Gasteiger partial charge in [0.1, 0.15) is 20.2 Å². The molecule has 0 bridgehead atoms. The average molecular weight is 648 g/mol. The van der Waals surface area contributed by atoms with Gasteiger partial charge in [-0.05, 0) is 36.6 Å². The second-order valence-electron chi connectivity index (χ2n) is 5.45. The summed E-state index contributed by atoms with van der Waals surface area (Å²) in [5.41, 5.74) is 15.1. The molecule has 0 amide bonds. The number of nitrogens with two attached hydrogens (primary N) is 2. The molecule has 16 nitrogen and oxygen atoms in total. The maximum atomic E-state index is 10.9. The molecule has 209 valence electrons. The molecule has 0 aliphatic heterocycles. The Morgan fingerprint density at radius 2 is 0.973 bits per heavy atom. The maximum absolute atomic E-state index is 10.9. The van der Waals surface area contributed by atoms with E-state index < -0.39 is 20.2 Å². The van der Waals surface area contributed by atoms with Crippen molar-refractivity contribution in [1.82, 2.24) is 10.9 Å². The second-order valence-corrected chi connectivity index (χ2v) is 9.03. The van der Waals surface area contributed by atoms with Crippen molar-refractivity contribution in [3.05, 3.63) is 59.7 Å². The number of rotatable bonds is 6. The van der Waals surface area contributed by atoms with Crippen molar-refractivity contribution in [3.8, 4) is 0 Å². The van der Waals surface area contributed by atoms with Crippen LogP contribution in [0.15, 0.2) is 68.5 Å². The van der Waals surface area contributed by atoms with Crippen LogP contribution >= 0.6 is 24.4 Å². The molecular formula is C16H28MnN6O10S4+4. The van der Waals surface area contributed by atoms with Crippen LogP contribution < -0.4 is 22.3 Å². The van der Waals surface area contributed by atoms with E-state index in [4.69, 9.17) is 11.5 Å². The first-order chi connectivity index (χ1) is 14.8. The fourth-order valence-electron chi connectivity index (χ4n) is 1.96. The Hall–Kier alpha value is -2.66. The third-order valence-electron chi connectivity index (χ3n) is 3.13. The number of hydrogen-bond donors (Lipinski definition) is 4. The van der Waals surface area contributed by atoms with Gasteiger partial charge in [-0.2, -0.15) is 10.2 Å². The zero-order chi connectivity index (χ0) is 24.4. The first-order valence-corrected chi connectivity index (χ1v) is 11.7. The van der Waals surface area contributed by atoms with Gasteiger partial charge in [0.05, 0.1) is 22.2 Å². The van der Waals surface area contributed by atoms with E-state index in [9.17, 15) is 25.9 Å². The summed E-state index contributed by atoms with van der Waals surface area (Å²) < 4.78 is 65.2. The summed E-state index contributed by atoms with van der Waals surface area (Å²) >= 11 is 8.98. The summed E-state index contributed by atoms with van der Waals surface area (Å²) in [7, 11) is -9.03. The van der Waals surface area contributed by atoms with E-state index in [2.05, 4.69) is 45.5 Å². The van der Waals surface area contributed by atoms with Crippen molar-refractivity contribution in [2.45, 2.75) is 9.79 Å². The number of thiocarbonyl (C=S) groups is 2. The summed E-state index contributed by atoms with van der Waals surface area (Å²) in [6.45, 7) is 0. The zero-order valence-corrected chi connectivity index (χ0v) is 23.0. The molecule has 0 spiro atoms. The molecule has 0 fully saturated rings. The third-order valence-corrected chi connectivity index (χ3v) is 5.14. The van der Waals surface area contributed by atoms with E-state index >= 15 is 0 Å². The van der Waals surface area contributed by atoms with Crippen molar-refractivity contribution in [1.29, 1.82) is 0 Å². The van der Waals surface area contributed by atoms with Gasteiger partial charge >= 0.3 is 17.1 Å². The Balaban J connectivity index is -0.000000163. The molecule has 2 aromatic rings. The predicted molar refractivity (Wildman–Crippen MR) is 143 cm³/mol. The summed E-state index contributed by atoms with van der Waals surface area (Å²) in [6.07, 6.45) is 2.31. The van der Waals surface area contributed by atoms with Gasteiger partial charge in [0.2, 0.25) is 0 Å². The fraction of sp³-hybridized carbons (Fsp3) is 0. The van der Waals surface area contributed by atoms with E-state index in [-0.39, 0.29) is 70.1 Å². The van der Waals surface area contributed by atoms with Crippen LogP contribution in [0.2, 0.25) is 0 Å². The molecule has 0 heterocycles. The molecule has 21 heteroatoms. The van der Waals surface area contributed by atoms with Gasteiger partial charge < -0.3 is 42.5 Å². The van der Waals surface area contributed by atoms with E-state index in [0.717, 1.165) is 12.4 Å². The van der Waals surface area contributed by atoms with Crippen LogP contribution in [0.5, 0.6) is 0 Å². The first-order valence-electron chi connectivity index (χ1n) is 8.09. The summed E-state index contributed by atoms with van der Waals surface area (Å²) in [4.78, 5) is -0.688. The van der Waals surface area contributed by atoms with Gasteiger partial charge in [-0.1, -0.05) is 36.4 Å². The van der Waals surface area contributed by atoms with Gasteiger partial charge in [-0.15, -0.1) is 0 Å². The van der Waals surface area contributed by atoms with Gasteiger partial charge in [0.15, 0.2) is 10.2 Å². The van der Waals surface area contributed by atoms with Crippen LogP contribution in [0.25, 0.3) is 0 Å². The Bertz CT molecular complexity index is 1160. The molecule has 0 aliphatic rings. The van der Waals surface area contributed by atoms with Crippen LogP contribution in [0, 0.1) is 0 Å². The number of nitrogens with one attached hydrogen (secondary N) is 2. The molecule has 0 aromatic heterocycles. The first kappa shape index (κ1) is 44.3. The molecule has 0 aliphatic carbocycles. The van der Waals surface area contributed by atoms with Crippen LogP contribution in [-0.4, -0.2) is 48.6 Å². The fourth-order valence-corrected chi connectivity index (χ4v) is 3.38. The molecule has 2 rings (SSSR count). The number of benzene rings is 2. The summed E-state index contributed by atoms with van der Waals surface area (Å²) in [5, 5.41) is 7.03. The Morgan fingerprint density at radius 1 is 0.703 bits per heavy atom. The van der Waals surface area contributed by atoms with Crippen LogP contribution in [0.1, 0.15) is 11.1 Å². The van der Waals surface area contributed by atoms with Gasteiger partial charge in [0.25, 0.3) is 0 Å². The molecule has 2 aromatic carbocycles. The van der Waals surface area contributed by atoms with Crippen molar-refractivity contribution in [3.63, 3.8) is 0 Å². The van der Waals surface area contributed by atoms with Crippen molar-refractivity contribution in [2.75, 3.05) is 0 Å². The minimum Gasteiger partial charge on any atom is -0.744 e. The molecular weight excluding hydrogens is 619 g/mol. The molecule has 0 saturated carbocycles. The quantitative estimate of drug-likeness (QED) is 0.0579. The normalized spacial score (nSPS) is 10.0. The van der Waals surface area contributed by atoms with Crippen molar-refractivity contribution < 1.29 is 64.9 Å². The van der Waals surface area contributed by atoms with Gasteiger partial charge in [-0.3, -0.25) is 10.9 Å². The standard InChI is InChI=1S/2C8H9N3O3S2.Mn.4H2O/c2*9-8(15)11-10-5-6-3-1-2-4-7(6)16(12,13)14;;;;;/h2*1-5H,(H3,9,11,15)(H,12,13,14);;4*1H2/q;;+2;;;;/p+2/b2*10-5+;;;;;.